The topological polar surface area (TPSA) is 15.3 Å². The number of hydrogen-bond acceptors (Lipinski definition) is 3. The summed E-state index contributed by atoms with van der Waals surface area (Å²) in [6, 6.07) is 6.25. The van der Waals surface area contributed by atoms with Gasteiger partial charge in [-0.25, -0.2) is 0 Å². The molecule has 1 aromatic heterocycles. The van der Waals surface area contributed by atoms with Crippen molar-refractivity contribution < 1.29 is 0 Å². The number of nitrogens with one attached hydrogen (secondary N) is 1. The van der Waals surface area contributed by atoms with Crippen molar-refractivity contribution in [3.63, 3.8) is 0 Å². The fraction of sp³-hybridized carbons (Fsp3) is 0.733. The maximum Gasteiger partial charge on any atom is 0.0331 e. The van der Waals surface area contributed by atoms with E-state index in [4.69, 9.17) is 0 Å². The van der Waals surface area contributed by atoms with Crippen molar-refractivity contribution in [1.82, 2.24) is 10.2 Å². The summed E-state index contributed by atoms with van der Waals surface area (Å²) in [6.07, 6.45) is 6.74. The highest BCUT2D eigenvalue weighted by atomic mass is 32.1. The Bertz CT molecular complexity index is 384. The molecule has 0 radical (unpaired) electrons. The van der Waals surface area contributed by atoms with Crippen LogP contribution in [0.3, 0.4) is 0 Å². The van der Waals surface area contributed by atoms with Crippen molar-refractivity contribution >= 4 is 11.3 Å². The predicted octanol–water partition coefficient (Wildman–Crippen LogP) is 3.03. The summed E-state index contributed by atoms with van der Waals surface area (Å²) < 4.78 is 0. The number of rotatable bonds is 6. The molecule has 0 amide bonds. The van der Waals surface area contributed by atoms with Gasteiger partial charge in [0.1, 0.15) is 0 Å². The third-order valence-electron chi connectivity index (χ3n) is 4.14. The molecule has 2 nitrogen and oxygen atoms in total. The first-order valence-electron chi connectivity index (χ1n) is 7.40. The van der Waals surface area contributed by atoms with Crippen LogP contribution in [0.1, 0.15) is 42.4 Å². The molecule has 0 spiro atoms. The molecule has 0 bridgehead atoms. The second-order valence-corrected chi connectivity index (χ2v) is 6.92. The first-order chi connectivity index (χ1) is 8.85. The van der Waals surface area contributed by atoms with Gasteiger partial charge in [0.05, 0.1) is 0 Å². The molecule has 0 aromatic carbocycles. The van der Waals surface area contributed by atoms with Crippen LogP contribution in [0.4, 0.5) is 0 Å². The Morgan fingerprint density at radius 3 is 2.83 bits per heavy atom. The fourth-order valence-electron chi connectivity index (χ4n) is 2.82. The van der Waals surface area contributed by atoms with Crippen LogP contribution in [0.25, 0.3) is 0 Å². The van der Waals surface area contributed by atoms with Gasteiger partial charge in [-0.05, 0) is 50.8 Å². The molecule has 1 atom stereocenters. The molecule has 18 heavy (non-hydrogen) atoms. The van der Waals surface area contributed by atoms with E-state index in [-0.39, 0.29) is 0 Å². The Morgan fingerprint density at radius 1 is 1.28 bits per heavy atom. The normalized spacial score (nSPS) is 24.8. The van der Waals surface area contributed by atoms with Gasteiger partial charge in [0.25, 0.3) is 0 Å². The van der Waals surface area contributed by atoms with E-state index < -0.39 is 0 Å². The number of nitrogens with zero attached hydrogens (tertiary/aromatic N) is 1. The third-order valence-corrected chi connectivity index (χ3v) is 5.36. The molecular weight excluding hydrogens is 240 g/mol. The molecule has 2 heterocycles. The summed E-state index contributed by atoms with van der Waals surface area (Å²) in [5.74, 6) is 0. The van der Waals surface area contributed by atoms with Crippen LogP contribution in [0.5, 0.6) is 0 Å². The van der Waals surface area contributed by atoms with E-state index in [1.165, 1.54) is 56.6 Å². The number of aryl methyl sites for hydroxylation is 1. The lowest BCUT2D eigenvalue weighted by atomic mass is 10.2. The van der Waals surface area contributed by atoms with Gasteiger partial charge in [0.15, 0.2) is 0 Å². The molecule has 1 aromatic rings. The number of hydrogen-bond donors (Lipinski definition) is 1. The van der Waals surface area contributed by atoms with Gasteiger partial charge in [0.2, 0.25) is 0 Å². The largest absolute Gasteiger partial charge is 0.312 e. The first kappa shape index (κ1) is 12.6. The molecule has 1 saturated carbocycles. The van der Waals surface area contributed by atoms with Crippen LogP contribution in [0.15, 0.2) is 12.1 Å². The van der Waals surface area contributed by atoms with E-state index in [9.17, 15) is 0 Å². The minimum Gasteiger partial charge on any atom is -0.312 e. The van der Waals surface area contributed by atoms with E-state index in [1.807, 2.05) is 11.3 Å². The number of thiophene rings is 1. The summed E-state index contributed by atoms with van der Waals surface area (Å²) >= 11 is 2.00. The highest BCUT2D eigenvalue weighted by Gasteiger charge is 2.27. The van der Waals surface area contributed by atoms with E-state index in [1.54, 1.807) is 4.88 Å². The third kappa shape index (κ3) is 3.14. The Morgan fingerprint density at radius 2 is 2.11 bits per heavy atom. The van der Waals surface area contributed by atoms with Gasteiger partial charge in [-0.15, -0.1) is 11.3 Å². The molecule has 2 aliphatic rings. The van der Waals surface area contributed by atoms with Crippen molar-refractivity contribution in [2.75, 3.05) is 13.1 Å². The first-order valence-corrected chi connectivity index (χ1v) is 8.22. The maximum absolute atomic E-state index is 3.69. The minimum absolute atomic E-state index is 0.776. The summed E-state index contributed by atoms with van der Waals surface area (Å²) in [7, 11) is 0. The molecule has 1 aliphatic carbocycles. The summed E-state index contributed by atoms with van der Waals surface area (Å²) in [4.78, 5) is 5.75. The SMILES string of the molecule is CCc1ccc(CN2CCCC2CNC2CC2)s1. The van der Waals surface area contributed by atoms with Gasteiger partial charge in [0, 0.05) is 34.9 Å². The zero-order valence-corrected chi connectivity index (χ0v) is 12.1. The molecule has 100 valence electrons. The van der Waals surface area contributed by atoms with Crippen LogP contribution in [0.2, 0.25) is 0 Å². The highest BCUT2D eigenvalue weighted by Crippen LogP contribution is 2.25. The van der Waals surface area contributed by atoms with E-state index >= 15 is 0 Å². The van der Waals surface area contributed by atoms with Crippen LogP contribution < -0.4 is 5.32 Å². The van der Waals surface area contributed by atoms with Crippen molar-refractivity contribution in [3.8, 4) is 0 Å². The highest BCUT2D eigenvalue weighted by molar-refractivity contribution is 7.11. The minimum atomic E-state index is 0.776. The van der Waals surface area contributed by atoms with Crippen LogP contribution in [-0.4, -0.2) is 30.1 Å². The lowest BCUT2D eigenvalue weighted by Crippen LogP contribution is -2.38. The van der Waals surface area contributed by atoms with Crippen molar-refractivity contribution in [2.24, 2.45) is 0 Å². The Kier molecular flexibility index (Phi) is 4.02. The predicted molar refractivity (Wildman–Crippen MR) is 78.2 cm³/mol. The molecule has 1 aliphatic heterocycles. The average Bonchev–Trinajstić information content (AvgIpc) is 2.93. The molecule has 1 saturated heterocycles. The van der Waals surface area contributed by atoms with Crippen molar-refractivity contribution in [2.45, 2.75) is 57.7 Å². The second-order valence-electron chi connectivity index (χ2n) is 5.67. The van der Waals surface area contributed by atoms with Crippen LogP contribution >= 0.6 is 11.3 Å². The van der Waals surface area contributed by atoms with Crippen molar-refractivity contribution in [1.29, 1.82) is 0 Å². The molecule has 1 unspecified atom stereocenters. The Balaban J connectivity index is 1.53. The average molecular weight is 264 g/mol. The maximum atomic E-state index is 3.69. The smallest absolute Gasteiger partial charge is 0.0331 e. The molecule has 3 rings (SSSR count). The monoisotopic (exact) mass is 264 g/mol. The standard InChI is InChI=1S/C15H24N2S/c1-2-14-7-8-15(18-14)11-17-9-3-4-13(17)10-16-12-5-6-12/h7-8,12-13,16H,2-6,9-11H2,1H3. The zero-order valence-electron chi connectivity index (χ0n) is 11.3. The Labute approximate surface area is 114 Å². The summed E-state index contributed by atoms with van der Waals surface area (Å²) in [6.45, 7) is 5.91. The van der Waals surface area contributed by atoms with Crippen LogP contribution in [0, 0.1) is 0 Å². The number of likely N-dealkylation sites (tertiary alicyclic amines) is 1. The lowest BCUT2D eigenvalue weighted by molar-refractivity contribution is 0.241. The molecule has 3 heteroatoms. The Hall–Kier alpha value is -0.380. The van der Waals surface area contributed by atoms with E-state index in [2.05, 4.69) is 29.3 Å². The molecule has 2 fully saturated rings. The second kappa shape index (κ2) is 5.72. The lowest BCUT2D eigenvalue weighted by Gasteiger charge is -2.24. The van der Waals surface area contributed by atoms with Gasteiger partial charge in [-0.1, -0.05) is 6.92 Å². The van der Waals surface area contributed by atoms with Crippen LogP contribution in [-0.2, 0) is 13.0 Å². The van der Waals surface area contributed by atoms with Gasteiger partial charge in [-0.3, -0.25) is 4.90 Å². The zero-order chi connectivity index (χ0) is 12.4. The summed E-state index contributed by atoms with van der Waals surface area (Å²) in [5.41, 5.74) is 0. The van der Waals surface area contributed by atoms with Gasteiger partial charge >= 0.3 is 0 Å². The van der Waals surface area contributed by atoms with E-state index in [0.29, 0.717) is 0 Å². The van der Waals surface area contributed by atoms with E-state index in [0.717, 1.165) is 12.1 Å². The molecular formula is C15H24N2S. The van der Waals surface area contributed by atoms with Gasteiger partial charge in [-0.2, -0.15) is 0 Å². The van der Waals surface area contributed by atoms with Crippen molar-refractivity contribution in [3.05, 3.63) is 21.9 Å². The molecule has 1 N–H and O–H groups in total. The van der Waals surface area contributed by atoms with Gasteiger partial charge < -0.3 is 5.32 Å². The fourth-order valence-corrected chi connectivity index (χ4v) is 3.81. The summed E-state index contributed by atoms with van der Waals surface area (Å²) in [5, 5.41) is 3.69. The quantitative estimate of drug-likeness (QED) is 0.849.